The van der Waals surface area contributed by atoms with Crippen LogP contribution in [0, 0.1) is 12.7 Å². The van der Waals surface area contributed by atoms with E-state index >= 15 is 0 Å². The number of halogens is 2. The number of ether oxygens (including phenoxy) is 1. The van der Waals surface area contributed by atoms with Gasteiger partial charge in [0, 0.05) is 12.6 Å². The van der Waals surface area contributed by atoms with Gasteiger partial charge in [0.2, 0.25) is 0 Å². The molecule has 156 valence electrons. The molecule has 1 unspecified atom stereocenters. The Morgan fingerprint density at radius 3 is 2.83 bits per heavy atom. The van der Waals surface area contributed by atoms with Gasteiger partial charge in [-0.2, -0.15) is 4.37 Å². The molecular weight excluding hydrogens is 421 g/mol. The summed E-state index contributed by atoms with van der Waals surface area (Å²) in [4.78, 5) is 24.5. The van der Waals surface area contributed by atoms with Crippen LogP contribution in [0.5, 0.6) is 5.75 Å². The van der Waals surface area contributed by atoms with Gasteiger partial charge in [-0.1, -0.05) is 17.7 Å². The second-order valence-electron chi connectivity index (χ2n) is 6.14. The van der Waals surface area contributed by atoms with Gasteiger partial charge in [0.15, 0.2) is 6.61 Å². The number of benzene rings is 1. The summed E-state index contributed by atoms with van der Waals surface area (Å²) in [6.45, 7) is 5.22. The maximum absolute atomic E-state index is 13.4. The minimum absolute atomic E-state index is 0.0470. The van der Waals surface area contributed by atoms with Crippen molar-refractivity contribution in [2.45, 2.75) is 25.5 Å². The molecule has 0 aliphatic carbocycles. The van der Waals surface area contributed by atoms with E-state index in [1.165, 1.54) is 18.2 Å². The maximum atomic E-state index is 13.4. The SMILES string of the molecule is C=CC(NC(=O)COc1ccc(Cl)c(F)c1)[C@@H](O)CCNC(=O)c1cc(C)ns1. The van der Waals surface area contributed by atoms with E-state index in [1.807, 2.05) is 0 Å². The molecule has 1 aromatic heterocycles. The third-order valence-electron chi connectivity index (χ3n) is 3.83. The van der Waals surface area contributed by atoms with Crippen molar-refractivity contribution in [1.82, 2.24) is 15.0 Å². The lowest BCUT2D eigenvalue weighted by atomic mass is 10.1. The fraction of sp³-hybridized carbons (Fsp3) is 0.316. The van der Waals surface area contributed by atoms with Crippen molar-refractivity contribution < 1.29 is 23.8 Å². The van der Waals surface area contributed by atoms with E-state index in [4.69, 9.17) is 16.3 Å². The normalized spacial score (nSPS) is 12.7. The van der Waals surface area contributed by atoms with Crippen LogP contribution >= 0.6 is 23.1 Å². The third kappa shape index (κ3) is 7.12. The molecule has 0 radical (unpaired) electrons. The minimum Gasteiger partial charge on any atom is -0.484 e. The minimum atomic E-state index is -0.965. The zero-order valence-electron chi connectivity index (χ0n) is 15.7. The average molecular weight is 442 g/mol. The van der Waals surface area contributed by atoms with Gasteiger partial charge in [0.05, 0.1) is 22.9 Å². The Balaban J connectivity index is 1.75. The molecule has 7 nitrogen and oxygen atoms in total. The molecule has 3 N–H and O–H groups in total. The van der Waals surface area contributed by atoms with Gasteiger partial charge in [0.1, 0.15) is 16.4 Å². The van der Waals surface area contributed by atoms with Crippen molar-refractivity contribution in [1.29, 1.82) is 0 Å². The Kier molecular flexibility index (Phi) is 8.56. The van der Waals surface area contributed by atoms with Gasteiger partial charge >= 0.3 is 0 Å². The standard InChI is InChI=1S/C19H21ClFN3O4S/c1-3-15(16(25)6-7-22-19(27)17-8-11(2)24-29-17)23-18(26)10-28-12-4-5-13(20)14(21)9-12/h3-5,8-9,15-16,25H,1,6-7,10H2,2H3,(H,22,27)(H,23,26)/t15?,16-/m0/s1. The van der Waals surface area contributed by atoms with Crippen LogP contribution in [0.25, 0.3) is 0 Å². The van der Waals surface area contributed by atoms with Gasteiger partial charge in [-0.25, -0.2) is 4.39 Å². The number of carbonyl (C=O) groups is 2. The molecule has 0 bridgehead atoms. The number of hydrogen-bond acceptors (Lipinski definition) is 6. The van der Waals surface area contributed by atoms with E-state index < -0.39 is 23.9 Å². The Morgan fingerprint density at radius 2 is 2.21 bits per heavy atom. The zero-order chi connectivity index (χ0) is 21.4. The number of aromatic nitrogens is 1. The van der Waals surface area contributed by atoms with Crippen LogP contribution in [-0.2, 0) is 4.79 Å². The fourth-order valence-corrected chi connectivity index (χ4v) is 3.12. The first-order valence-corrected chi connectivity index (χ1v) is 9.84. The van der Waals surface area contributed by atoms with Crippen molar-refractivity contribution in [3.05, 3.63) is 58.3 Å². The summed E-state index contributed by atoms with van der Waals surface area (Å²) >= 11 is 6.68. The number of aryl methyl sites for hydroxylation is 1. The monoisotopic (exact) mass is 441 g/mol. The number of carbonyl (C=O) groups excluding carboxylic acids is 2. The van der Waals surface area contributed by atoms with Crippen molar-refractivity contribution in [3.8, 4) is 5.75 Å². The number of rotatable bonds is 10. The smallest absolute Gasteiger partial charge is 0.262 e. The number of aliphatic hydroxyl groups is 1. The zero-order valence-corrected chi connectivity index (χ0v) is 17.2. The lowest BCUT2D eigenvalue weighted by Crippen LogP contribution is -2.45. The molecule has 0 aliphatic rings. The van der Waals surface area contributed by atoms with E-state index in [0.717, 1.165) is 23.3 Å². The van der Waals surface area contributed by atoms with Gasteiger partial charge in [-0.3, -0.25) is 9.59 Å². The van der Waals surface area contributed by atoms with Crippen molar-refractivity contribution >= 4 is 34.9 Å². The molecule has 2 rings (SSSR count). The first-order valence-electron chi connectivity index (χ1n) is 8.69. The largest absolute Gasteiger partial charge is 0.484 e. The highest BCUT2D eigenvalue weighted by molar-refractivity contribution is 7.08. The molecule has 1 heterocycles. The fourth-order valence-electron chi connectivity index (χ4n) is 2.33. The summed E-state index contributed by atoms with van der Waals surface area (Å²) in [5.74, 6) is -1.29. The number of nitrogens with one attached hydrogen (secondary N) is 2. The van der Waals surface area contributed by atoms with Gasteiger partial charge in [-0.15, -0.1) is 6.58 Å². The number of aliphatic hydroxyl groups excluding tert-OH is 1. The Morgan fingerprint density at radius 1 is 1.45 bits per heavy atom. The third-order valence-corrected chi connectivity index (χ3v) is 5.02. The molecule has 0 saturated heterocycles. The maximum Gasteiger partial charge on any atom is 0.262 e. The van der Waals surface area contributed by atoms with E-state index in [0.29, 0.717) is 4.88 Å². The van der Waals surface area contributed by atoms with Crippen molar-refractivity contribution in [2.24, 2.45) is 0 Å². The highest BCUT2D eigenvalue weighted by atomic mass is 35.5. The van der Waals surface area contributed by atoms with Crippen molar-refractivity contribution in [2.75, 3.05) is 13.2 Å². The first kappa shape index (κ1) is 22.8. The van der Waals surface area contributed by atoms with E-state index in [2.05, 4.69) is 21.6 Å². The molecule has 0 fully saturated rings. The highest BCUT2D eigenvalue weighted by Gasteiger charge is 2.19. The first-order chi connectivity index (χ1) is 13.8. The molecule has 29 heavy (non-hydrogen) atoms. The molecule has 10 heteroatoms. The second kappa shape index (κ2) is 10.9. The summed E-state index contributed by atoms with van der Waals surface area (Å²) in [6, 6.07) is 4.77. The van der Waals surface area contributed by atoms with Crippen LogP contribution in [0.1, 0.15) is 21.8 Å². The summed E-state index contributed by atoms with van der Waals surface area (Å²) in [6.07, 6.45) is 0.621. The molecule has 0 saturated carbocycles. The predicted molar refractivity (Wildman–Crippen MR) is 109 cm³/mol. The van der Waals surface area contributed by atoms with Crippen molar-refractivity contribution in [3.63, 3.8) is 0 Å². The quantitative estimate of drug-likeness (QED) is 0.492. The van der Waals surface area contributed by atoms with Crippen LogP contribution in [-0.4, -0.2) is 46.6 Å². The highest BCUT2D eigenvalue weighted by Crippen LogP contribution is 2.20. The van der Waals surface area contributed by atoms with Crippen LogP contribution in [0.3, 0.4) is 0 Å². The van der Waals surface area contributed by atoms with E-state index in [1.54, 1.807) is 13.0 Å². The summed E-state index contributed by atoms with van der Waals surface area (Å²) < 4.78 is 22.6. The molecule has 0 aliphatic heterocycles. The Bertz CT molecular complexity index is 877. The molecule has 2 atom stereocenters. The van der Waals surface area contributed by atoms with Gasteiger partial charge < -0.3 is 20.5 Å². The number of amides is 2. The number of hydrogen-bond donors (Lipinski definition) is 3. The van der Waals surface area contributed by atoms with E-state index in [9.17, 15) is 19.1 Å². The topological polar surface area (TPSA) is 101 Å². The molecule has 1 aromatic carbocycles. The van der Waals surface area contributed by atoms with Gasteiger partial charge in [0.25, 0.3) is 11.8 Å². The van der Waals surface area contributed by atoms with Crippen LogP contribution in [0.4, 0.5) is 4.39 Å². The Labute approximate surface area is 176 Å². The summed E-state index contributed by atoms with van der Waals surface area (Å²) in [5.41, 5.74) is 0.762. The number of nitrogens with zero attached hydrogens (tertiary/aromatic N) is 1. The van der Waals surface area contributed by atoms with Gasteiger partial charge in [-0.05, 0) is 43.1 Å². The predicted octanol–water partition coefficient (Wildman–Crippen LogP) is 2.47. The van der Waals surface area contributed by atoms with Crippen LogP contribution < -0.4 is 15.4 Å². The van der Waals surface area contributed by atoms with E-state index in [-0.39, 0.29) is 36.3 Å². The van der Waals surface area contributed by atoms with Crippen LogP contribution in [0.15, 0.2) is 36.9 Å². The van der Waals surface area contributed by atoms with Crippen LogP contribution in [0.2, 0.25) is 5.02 Å². The lowest BCUT2D eigenvalue weighted by molar-refractivity contribution is -0.124. The molecule has 0 spiro atoms. The molecule has 2 amide bonds. The summed E-state index contributed by atoms with van der Waals surface area (Å²) in [5, 5.41) is 15.4. The summed E-state index contributed by atoms with van der Waals surface area (Å²) in [7, 11) is 0. The molecular formula is C19H21ClFN3O4S. The molecule has 2 aromatic rings. The lowest BCUT2D eigenvalue weighted by Gasteiger charge is -2.21. The Hall–Kier alpha value is -2.49. The second-order valence-corrected chi connectivity index (χ2v) is 7.35. The average Bonchev–Trinajstić information content (AvgIpc) is 3.13.